The third-order valence-corrected chi connectivity index (χ3v) is 3.44. The van der Waals surface area contributed by atoms with Crippen molar-refractivity contribution in [1.82, 2.24) is 0 Å². The van der Waals surface area contributed by atoms with Crippen LogP contribution in [0.15, 0.2) is 59.0 Å². The van der Waals surface area contributed by atoms with E-state index in [4.69, 9.17) is 9.52 Å². The number of aromatic hydroxyl groups is 1. The zero-order chi connectivity index (χ0) is 18.0. The summed E-state index contributed by atoms with van der Waals surface area (Å²) in [7, 11) is 0. The summed E-state index contributed by atoms with van der Waals surface area (Å²) in [6, 6.07) is 12.1. The minimum absolute atomic E-state index is 0.0232. The Morgan fingerprint density at radius 2 is 1.72 bits per heavy atom. The lowest BCUT2D eigenvalue weighted by Crippen LogP contribution is -2.14. The predicted octanol–water partition coefficient (Wildman–Crippen LogP) is 3.74. The number of benzene rings is 2. The van der Waals surface area contributed by atoms with E-state index >= 15 is 0 Å². The molecule has 3 rings (SSSR count). The number of halogens is 1. The summed E-state index contributed by atoms with van der Waals surface area (Å²) in [6.45, 7) is 0. The Bertz CT molecular complexity index is 946. The molecule has 0 radical (unpaired) electrons. The maximum Gasteiger partial charge on any atom is 0.337 e. The van der Waals surface area contributed by atoms with Crippen LogP contribution in [-0.2, 0) is 0 Å². The molecule has 2 aromatic carbocycles. The minimum Gasteiger partial charge on any atom is -0.508 e. The fourth-order valence-electron chi connectivity index (χ4n) is 2.23. The van der Waals surface area contributed by atoms with Crippen LogP contribution >= 0.6 is 0 Å². The molecule has 25 heavy (non-hydrogen) atoms. The van der Waals surface area contributed by atoms with Crippen LogP contribution in [0.3, 0.4) is 0 Å². The Labute approximate surface area is 141 Å². The first-order valence-electron chi connectivity index (χ1n) is 7.17. The number of phenols is 1. The molecule has 7 heteroatoms. The zero-order valence-corrected chi connectivity index (χ0v) is 12.7. The van der Waals surface area contributed by atoms with Crippen molar-refractivity contribution in [2.75, 3.05) is 5.32 Å². The number of furan rings is 1. The highest BCUT2D eigenvalue weighted by atomic mass is 19.1. The Morgan fingerprint density at radius 1 is 1.00 bits per heavy atom. The summed E-state index contributed by atoms with van der Waals surface area (Å²) in [5.41, 5.74) is 0.366. The number of rotatable bonds is 4. The third-order valence-electron chi connectivity index (χ3n) is 3.44. The van der Waals surface area contributed by atoms with Crippen molar-refractivity contribution in [3.63, 3.8) is 0 Å². The molecule has 0 aliphatic carbocycles. The minimum atomic E-state index is -1.29. The van der Waals surface area contributed by atoms with Crippen LogP contribution in [0.1, 0.15) is 20.9 Å². The van der Waals surface area contributed by atoms with E-state index in [-0.39, 0.29) is 28.6 Å². The van der Waals surface area contributed by atoms with Crippen LogP contribution in [0.5, 0.6) is 5.75 Å². The fourth-order valence-corrected chi connectivity index (χ4v) is 2.23. The molecule has 1 amide bonds. The lowest BCUT2D eigenvalue weighted by Gasteiger charge is -2.07. The fraction of sp³-hybridized carbons (Fsp3) is 0. The van der Waals surface area contributed by atoms with Gasteiger partial charge in [0, 0.05) is 5.56 Å². The van der Waals surface area contributed by atoms with Gasteiger partial charge in [-0.3, -0.25) is 4.79 Å². The van der Waals surface area contributed by atoms with Crippen LogP contribution in [-0.4, -0.2) is 22.1 Å². The van der Waals surface area contributed by atoms with E-state index in [0.717, 1.165) is 6.07 Å². The maximum absolute atomic E-state index is 12.9. The van der Waals surface area contributed by atoms with Gasteiger partial charge in [-0.05, 0) is 54.6 Å². The number of aromatic carboxylic acids is 1. The summed E-state index contributed by atoms with van der Waals surface area (Å²) in [5.74, 6) is -2.23. The Balaban J connectivity index is 1.83. The number of carbonyl (C=O) groups is 2. The molecule has 3 N–H and O–H groups in total. The number of hydrogen-bond acceptors (Lipinski definition) is 4. The van der Waals surface area contributed by atoms with E-state index in [2.05, 4.69) is 5.32 Å². The molecular weight excluding hydrogens is 329 g/mol. The molecule has 0 aliphatic rings. The average molecular weight is 341 g/mol. The second kappa shape index (κ2) is 6.48. The van der Waals surface area contributed by atoms with Gasteiger partial charge in [0.1, 0.15) is 17.3 Å². The van der Waals surface area contributed by atoms with Gasteiger partial charge >= 0.3 is 5.97 Å². The molecule has 0 atom stereocenters. The molecule has 0 spiro atoms. The Hall–Kier alpha value is -3.61. The van der Waals surface area contributed by atoms with Gasteiger partial charge in [-0.2, -0.15) is 0 Å². The standard InChI is InChI=1S/C18H12FNO5/c19-11-3-1-10(2-4-11)15-7-8-16(25-15)17(22)20-14-6-5-12(21)9-13(14)18(23)24/h1-9,21H,(H,20,22)(H,23,24). The molecule has 0 saturated carbocycles. The van der Waals surface area contributed by atoms with Crippen molar-refractivity contribution in [2.45, 2.75) is 0 Å². The van der Waals surface area contributed by atoms with E-state index in [1.54, 1.807) is 6.07 Å². The van der Waals surface area contributed by atoms with E-state index in [1.165, 1.54) is 42.5 Å². The number of carboxylic acid groups (broad SMARTS) is 1. The molecular formula is C18H12FNO5. The third kappa shape index (κ3) is 3.50. The summed E-state index contributed by atoms with van der Waals surface area (Å²) in [6.07, 6.45) is 0. The van der Waals surface area contributed by atoms with Gasteiger partial charge in [0.15, 0.2) is 5.76 Å². The largest absolute Gasteiger partial charge is 0.508 e. The van der Waals surface area contributed by atoms with Crippen molar-refractivity contribution in [2.24, 2.45) is 0 Å². The number of amides is 1. The van der Waals surface area contributed by atoms with E-state index in [0.29, 0.717) is 11.3 Å². The lowest BCUT2D eigenvalue weighted by atomic mass is 10.1. The van der Waals surface area contributed by atoms with E-state index in [9.17, 15) is 19.1 Å². The van der Waals surface area contributed by atoms with E-state index in [1.807, 2.05) is 0 Å². The van der Waals surface area contributed by atoms with Gasteiger partial charge in [0.05, 0.1) is 11.3 Å². The maximum atomic E-state index is 12.9. The topological polar surface area (TPSA) is 99.8 Å². The van der Waals surface area contributed by atoms with Crippen LogP contribution in [0.25, 0.3) is 11.3 Å². The lowest BCUT2D eigenvalue weighted by molar-refractivity contribution is 0.0697. The first kappa shape index (κ1) is 16.3. The second-order valence-corrected chi connectivity index (χ2v) is 5.16. The first-order valence-corrected chi connectivity index (χ1v) is 7.17. The molecule has 0 fully saturated rings. The summed E-state index contributed by atoms with van der Waals surface area (Å²) >= 11 is 0. The van der Waals surface area contributed by atoms with Crippen LogP contribution in [0.4, 0.5) is 10.1 Å². The molecule has 0 bridgehead atoms. The Kier molecular flexibility index (Phi) is 4.21. The predicted molar refractivity (Wildman–Crippen MR) is 87.1 cm³/mol. The van der Waals surface area contributed by atoms with Crippen LogP contribution in [0, 0.1) is 5.82 Å². The monoisotopic (exact) mass is 341 g/mol. The number of carbonyl (C=O) groups excluding carboxylic acids is 1. The van der Waals surface area contributed by atoms with Gasteiger partial charge in [-0.1, -0.05) is 0 Å². The van der Waals surface area contributed by atoms with Crippen molar-refractivity contribution in [3.05, 3.63) is 71.7 Å². The molecule has 3 aromatic rings. The smallest absolute Gasteiger partial charge is 0.337 e. The molecule has 6 nitrogen and oxygen atoms in total. The number of phenolic OH excluding ortho intramolecular Hbond substituents is 1. The molecule has 126 valence electrons. The second-order valence-electron chi connectivity index (χ2n) is 5.16. The normalized spacial score (nSPS) is 10.4. The van der Waals surface area contributed by atoms with Gasteiger partial charge < -0.3 is 19.9 Å². The molecule has 1 heterocycles. The Morgan fingerprint density at radius 3 is 2.40 bits per heavy atom. The molecule has 0 aliphatic heterocycles. The summed E-state index contributed by atoms with van der Waals surface area (Å²) in [5, 5.41) is 20.9. The number of nitrogens with one attached hydrogen (secondary N) is 1. The highest BCUT2D eigenvalue weighted by Crippen LogP contribution is 2.25. The van der Waals surface area contributed by atoms with Crippen molar-refractivity contribution in [3.8, 4) is 17.1 Å². The van der Waals surface area contributed by atoms with Gasteiger partial charge in [-0.15, -0.1) is 0 Å². The van der Waals surface area contributed by atoms with Crippen molar-refractivity contribution >= 4 is 17.6 Å². The highest BCUT2D eigenvalue weighted by molar-refractivity contribution is 6.06. The molecule has 0 unspecified atom stereocenters. The quantitative estimate of drug-likeness (QED) is 0.628. The van der Waals surface area contributed by atoms with Gasteiger partial charge in [0.25, 0.3) is 5.91 Å². The molecule has 0 saturated heterocycles. The highest BCUT2D eigenvalue weighted by Gasteiger charge is 2.17. The zero-order valence-electron chi connectivity index (χ0n) is 12.7. The average Bonchev–Trinajstić information content (AvgIpc) is 3.07. The number of anilines is 1. The summed E-state index contributed by atoms with van der Waals surface area (Å²) in [4.78, 5) is 23.4. The van der Waals surface area contributed by atoms with Crippen LogP contribution in [0.2, 0.25) is 0 Å². The van der Waals surface area contributed by atoms with E-state index < -0.39 is 11.9 Å². The number of hydrogen-bond donors (Lipinski definition) is 3. The number of carboxylic acids is 1. The molecule has 1 aromatic heterocycles. The van der Waals surface area contributed by atoms with Crippen LogP contribution < -0.4 is 5.32 Å². The van der Waals surface area contributed by atoms with Gasteiger partial charge in [-0.25, -0.2) is 9.18 Å². The van der Waals surface area contributed by atoms with Crippen molar-refractivity contribution in [1.29, 1.82) is 0 Å². The summed E-state index contributed by atoms with van der Waals surface area (Å²) < 4.78 is 18.4. The van der Waals surface area contributed by atoms with Crippen molar-refractivity contribution < 1.29 is 28.6 Å². The first-order chi connectivity index (χ1) is 11.9. The SMILES string of the molecule is O=C(Nc1ccc(O)cc1C(=O)O)c1ccc(-c2ccc(F)cc2)o1. The van der Waals surface area contributed by atoms with Gasteiger partial charge in [0.2, 0.25) is 0 Å².